The Labute approximate surface area is 166 Å². The molecular weight excluding hydrogens is 354 g/mol. The van der Waals surface area contributed by atoms with Crippen LogP contribution in [-0.4, -0.2) is 42.0 Å². The third kappa shape index (κ3) is 5.11. The SMILES string of the molecule is CN(C)C1(CNC(=O)c2cccnc2Sc2ccccc2)CCCCCC1. The fourth-order valence-corrected chi connectivity index (χ4v) is 4.65. The molecule has 1 amide bonds. The first-order valence-electron chi connectivity index (χ1n) is 9.74. The lowest BCUT2D eigenvalue weighted by Gasteiger charge is -2.39. The highest BCUT2D eigenvalue weighted by molar-refractivity contribution is 7.99. The van der Waals surface area contributed by atoms with Crippen molar-refractivity contribution in [3.05, 3.63) is 54.2 Å². The average Bonchev–Trinajstić information content (AvgIpc) is 2.94. The fraction of sp³-hybridized carbons (Fsp3) is 0.455. The molecular formula is C22H29N3OS. The molecule has 1 N–H and O–H groups in total. The summed E-state index contributed by atoms with van der Waals surface area (Å²) in [6.07, 6.45) is 9.08. The minimum atomic E-state index is -0.0352. The highest BCUT2D eigenvalue weighted by atomic mass is 32.2. The van der Waals surface area contributed by atoms with Crippen molar-refractivity contribution in [1.29, 1.82) is 0 Å². The Hall–Kier alpha value is -1.85. The van der Waals surface area contributed by atoms with Crippen LogP contribution in [-0.2, 0) is 0 Å². The van der Waals surface area contributed by atoms with E-state index in [2.05, 4.69) is 29.3 Å². The second-order valence-electron chi connectivity index (χ2n) is 7.49. The van der Waals surface area contributed by atoms with E-state index in [0.29, 0.717) is 12.1 Å². The number of rotatable bonds is 6. The van der Waals surface area contributed by atoms with E-state index in [-0.39, 0.29) is 11.4 Å². The van der Waals surface area contributed by atoms with Gasteiger partial charge in [-0.25, -0.2) is 4.98 Å². The lowest BCUT2D eigenvalue weighted by molar-refractivity contribution is 0.0865. The minimum Gasteiger partial charge on any atom is -0.350 e. The van der Waals surface area contributed by atoms with Gasteiger partial charge in [-0.05, 0) is 51.2 Å². The molecule has 0 spiro atoms. The van der Waals surface area contributed by atoms with E-state index in [9.17, 15) is 4.79 Å². The number of carbonyl (C=O) groups excluding carboxylic acids is 1. The quantitative estimate of drug-likeness (QED) is 0.740. The van der Waals surface area contributed by atoms with Crippen LogP contribution in [0.25, 0.3) is 0 Å². The molecule has 0 saturated heterocycles. The van der Waals surface area contributed by atoms with E-state index in [1.165, 1.54) is 37.4 Å². The molecule has 3 rings (SSSR count). The Bertz CT molecular complexity index is 740. The van der Waals surface area contributed by atoms with Gasteiger partial charge in [0.1, 0.15) is 5.03 Å². The number of pyridine rings is 1. The smallest absolute Gasteiger partial charge is 0.254 e. The van der Waals surface area contributed by atoms with Crippen molar-refractivity contribution in [3.63, 3.8) is 0 Å². The van der Waals surface area contributed by atoms with E-state index in [1.807, 2.05) is 42.5 Å². The second-order valence-corrected chi connectivity index (χ2v) is 8.55. The highest BCUT2D eigenvalue weighted by Crippen LogP contribution is 2.31. The molecule has 0 atom stereocenters. The zero-order valence-corrected chi connectivity index (χ0v) is 17.1. The Kier molecular flexibility index (Phi) is 6.91. The first kappa shape index (κ1) is 19.9. The van der Waals surface area contributed by atoms with Crippen LogP contribution in [0.3, 0.4) is 0 Å². The molecule has 0 bridgehead atoms. The standard InChI is InChI=1S/C22H29N3OS/c1-25(2)22(14-8-3-4-9-15-22)17-24-20(26)19-13-10-16-23-21(19)27-18-11-6-5-7-12-18/h5-7,10-13,16H,3-4,8-9,14-15,17H2,1-2H3,(H,24,26). The third-order valence-electron chi connectivity index (χ3n) is 5.53. The summed E-state index contributed by atoms with van der Waals surface area (Å²) < 4.78 is 0. The summed E-state index contributed by atoms with van der Waals surface area (Å²) >= 11 is 1.53. The third-order valence-corrected chi connectivity index (χ3v) is 6.56. The summed E-state index contributed by atoms with van der Waals surface area (Å²) in [4.78, 5) is 20.8. The second kappa shape index (κ2) is 9.38. The number of carbonyl (C=O) groups is 1. The topological polar surface area (TPSA) is 45.2 Å². The maximum absolute atomic E-state index is 13.0. The predicted molar refractivity (Wildman–Crippen MR) is 111 cm³/mol. The van der Waals surface area contributed by atoms with E-state index in [0.717, 1.165) is 22.8 Å². The van der Waals surface area contributed by atoms with Gasteiger partial charge in [-0.3, -0.25) is 4.79 Å². The van der Waals surface area contributed by atoms with Crippen LogP contribution < -0.4 is 5.32 Å². The molecule has 1 aromatic carbocycles. The van der Waals surface area contributed by atoms with E-state index in [4.69, 9.17) is 0 Å². The molecule has 2 aromatic rings. The van der Waals surface area contributed by atoms with Gasteiger partial charge in [-0.15, -0.1) is 0 Å². The van der Waals surface area contributed by atoms with Gasteiger partial charge in [0.05, 0.1) is 5.56 Å². The highest BCUT2D eigenvalue weighted by Gasteiger charge is 2.33. The summed E-state index contributed by atoms with van der Waals surface area (Å²) in [7, 11) is 4.27. The van der Waals surface area contributed by atoms with Crippen molar-refractivity contribution in [2.24, 2.45) is 0 Å². The van der Waals surface area contributed by atoms with Crippen molar-refractivity contribution in [2.75, 3.05) is 20.6 Å². The summed E-state index contributed by atoms with van der Waals surface area (Å²) in [5.74, 6) is -0.0352. The van der Waals surface area contributed by atoms with Gasteiger partial charge >= 0.3 is 0 Å². The van der Waals surface area contributed by atoms with Crippen LogP contribution in [0.2, 0.25) is 0 Å². The molecule has 1 aliphatic rings. The van der Waals surface area contributed by atoms with Crippen molar-refractivity contribution in [1.82, 2.24) is 15.2 Å². The molecule has 1 fully saturated rings. The van der Waals surface area contributed by atoms with Crippen LogP contribution in [0.5, 0.6) is 0 Å². The molecule has 1 saturated carbocycles. The largest absolute Gasteiger partial charge is 0.350 e. The van der Waals surface area contributed by atoms with Crippen molar-refractivity contribution < 1.29 is 4.79 Å². The van der Waals surface area contributed by atoms with E-state index in [1.54, 1.807) is 6.20 Å². The maximum atomic E-state index is 13.0. The number of likely N-dealkylation sites (N-methyl/N-ethyl adjacent to an activating group) is 1. The van der Waals surface area contributed by atoms with Crippen molar-refractivity contribution >= 4 is 17.7 Å². The Balaban J connectivity index is 1.72. The number of hydrogen-bond donors (Lipinski definition) is 1. The van der Waals surface area contributed by atoms with Gasteiger partial charge in [-0.1, -0.05) is 55.6 Å². The molecule has 0 aliphatic heterocycles. The number of benzene rings is 1. The minimum absolute atomic E-state index is 0.0352. The monoisotopic (exact) mass is 383 g/mol. The first-order valence-corrected chi connectivity index (χ1v) is 10.6. The van der Waals surface area contributed by atoms with Crippen molar-refractivity contribution in [2.45, 2.75) is 54.0 Å². The van der Waals surface area contributed by atoms with Gasteiger partial charge in [0.15, 0.2) is 0 Å². The number of amides is 1. The predicted octanol–water partition coefficient (Wildman–Crippen LogP) is 4.62. The zero-order chi connectivity index (χ0) is 19.1. The molecule has 1 aromatic heterocycles. The van der Waals surface area contributed by atoms with Gasteiger partial charge in [0.25, 0.3) is 5.91 Å². The lowest BCUT2D eigenvalue weighted by atomic mass is 9.88. The molecule has 27 heavy (non-hydrogen) atoms. The van der Waals surface area contributed by atoms with Crippen LogP contribution in [0.15, 0.2) is 58.6 Å². The van der Waals surface area contributed by atoms with Gasteiger partial charge < -0.3 is 10.2 Å². The molecule has 1 aliphatic carbocycles. The van der Waals surface area contributed by atoms with Crippen molar-refractivity contribution in [3.8, 4) is 0 Å². The molecule has 0 radical (unpaired) electrons. The van der Waals surface area contributed by atoms with Gasteiger partial charge in [0, 0.05) is 23.2 Å². The zero-order valence-electron chi connectivity index (χ0n) is 16.3. The van der Waals surface area contributed by atoms with E-state index < -0.39 is 0 Å². The van der Waals surface area contributed by atoms with Crippen LogP contribution >= 0.6 is 11.8 Å². The van der Waals surface area contributed by atoms with Gasteiger partial charge in [0.2, 0.25) is 0 Å². The summed E-state index contributed by atoms with van der Waals surface area (Å²) in [6, 6.07) is 13.8. The number of nitrogens with one attached hydrogen (secondary N) is 1. The molecule has 1 heterocycles. The molecule has 5 heteroatoms. The van der Waals surface area contributed by atoms with Crippen LogP contribution in [0, 0.1) is 0 Å². The van der Waals surface area contributed by atoms with Gasteiger partial charge in [-0.2, -0.15) is 0 Å². The summed E-state index contributed by atoms with van der Waals surface area (Å²) in [5.41, 5.74) is 0.704. The first-order chi connectivity index (χ1) is 13.1. The molecule has 0 unspecified atom stereocenters. The summed E-state index contributed by atoms with van der Waals surface area (Å²) in [6.45, 7) is 0.684. The molecule has 144 valence electrons. The normalized spacial score (nSPS) is 16.7. The number of hydrogen-bond acceptors (Lipinski definition) is 4. The van der Waals surface area contributed by atoms with Crippen LogP contribution in [0.4, 0.5) is 0 Å². The maximum Gasteiger partial charge on any atom is 0.254 e. The Morgan fingerprint density at radius 1 is 1.07 bits per heavy atom. The molecule has 4 nitrogen and oxygen atoms in total. The van der Waals surface area contributed by atoms with Crippen LogP contribution in [0.1, 0.15) is 48.9 Å². The van der Waals surface area contributed by atoms with E-state index >= 15 is 0 Å². The fourth-order valence-electron chi connectivity index (χ4n) is 3.75. The Morgan fingerprint density at radius 2 is 1.78 bits per heavy atom. The average molecular weight is 384 g/mol. The number of nitrogens with zero attached hydrogens (tertiary/aromatic N) is 2. The summed E-state index contributed by atoms with van der Waals surface area (Å²) in [5, 5.41) is 3.96. The number of aromatic nitrogens is 1. The Morgan fingerprint density at radius 3 is 2.44 bits per heavy atom. The lowest BCUT2D eigenvalue weighted by Crippen LogP contribution is -2.52.